The Balaban J connectivity index is 2.09. The highest BCUT2D eigenvalue weighted by molar-refractivity contribution is 5.80. The fraction of sp³-hybridized carbons (Fsp3) is 0.200. The summed E-state index contributed by atoms with van der Waals surface area (Å²) in [4.78, 5) is 0. The Bertz CT molecular complexity index is 964. The molecular formula is C20H18. The van der Waals surface area contributed by atoms with Gasteiger partial charge in [-0.05, 0) is 55.1 Å². The van der Waals surface area contributed by atoms with E-state index in [0.717, 1.165) is 0 Å². The summed E-state index contributed by atoms with van der Waals surface area (Å²) in [5, 5.41) is 5.44. The summed E-state index contributed by atoms with van der Waals surface area (Å²) in [6.45, 7) is 6.83. The van der Waals surface area contributed by atoms with Crippen molar-refractivity contribution in [1.82, 2.24) is 0 Å². The second kappa shape index (κ2) is 3.73. The molecule has 0 nitrogen and oxygen atoms in total. The van der Waals surface area contributed by atoms with Crippen LogP contribution in [0.15, 0.2) is 42.0 Å². The van der Waals surface area contributed by atoms with E-state index in [1.807, 2.05) is 0 Å². The molecule has 0 unspecified atom stereocenters. The summed E-state index contributed by atoms with van der Waals surface area (Å²) < 4.78 is 0. The fourth-order valence-electron chi connectivity index (χ4n) is 3.15. The van der Waals surface area contributed by atoms with Gasteiger partial charge in [0.15, 0.2) is 0 Å². The van der Waals surface area contributed by atoms with Crippen LogP contribution in [-0.4, -0.2) is 0 Å². The molecule has 0 saturated heterocycles. The summed E-state index contributed by atoms with van der Waals surface area (Å²) in [5.41, 5.74) is 4.41. The maximum Gasteiger partial charge on any atom is -0.00929 e. The Labute approximate surface area is 119 Å². The highest BCUT2D eigenvalue weighted by atomic mass is 14.2. The fourth-order valence-corrected chi connectivity index (χ4v) is 3.15. The Morgan fingerprint density at radius 1 is 0.650 bits per heavy atom. The summed E-state index contributed by atoms with van der Waals surface area (Å²) >= 11 is 0. The maximum atomic E-state index is 2.37. The Morgan fingerprint density at radius 3 is 2.25 bits per heavy atom. The molecule has 4 rings (SSSR count). The minimum atomic E-state index is 0.206. The highest BCUT2D eigenvalue weighted by Crippen LogP contribution is 2.31. The van der Waals surface area contributed by atoms with Crippen molar-refractivity contribution >= 4 is 18.2 Å². The van der Waals surface area contributed by atoms with Gasteiger partial charge in [0.1, 0.15) is 0 Å². The standard InChI is InChI=1S/C20H18/c1-20(2,3)15-10-14-8-9-17-16-7-5-4-6-13(16)11-19(17)18(14)12-15/h4-12H,1-3H3. The number of hydrogen-bond acceptors (Lipinski definition) is 0. The maximum absolute atomic E-state index is 2.37. The van der Waals surface area contributed by atoms with E-state index in [0.29, 0.717) is 0 Å². The molecule has 0 heterocycles. The van der Waals surface area contributed by atoms with Gasteiger partial charge in [0.2, 0.25) is 0 Å². The monoisotopic (exact) mass is 258 g/mol. The van der Waals surface area contributed by atoms with Crippen LogP contribution >= 0.6 is 0 Å². The van der Waals surface area contributed by atoms with Gasteiger partial charge in [0, 0.05) is 0 Å². The minimum Gasteiger partial charge on any atom is -0.0616 e. The van der Waals surface area contributed by atoms with Crippen molar-refractivity contribution in [2.75, 3.05) is 0 Å². The van der Waals surface area contributed by atoms with Crippen LogP contribution in [0.4, 0.5) is 0 Å². The number of benzene rings is 2. The van der Waals surface area contributed by atoms with Gasteiger partial charge in [0.05, 0.1) is 0 Å². The van der Waals surface area contributed by atoms with Gasteiger partial charge in [-0.25, -0.2) is 0 Å². The first-order valence-corrected chi connectivity index (χ1v) is 7.22. The quantitative estimate of drug-likeness (QED) is 0.580. The summed E-state index contributed by atoms with van der Waals surface area (Å²) in [6, 6.07) is 13.2. The van der Waals surface area contributed by atoms with E-state index >= 15 is 0 Å². The first-order valence-electron chi connectivity index (χ1n) is 7.22. The molecule has 2 aromatic rings. The molecule has 2 aliphatic rings. The van der Waals surface area contributed by atoms with Crippen LogP contribution in [0.3, 0.4) is 0 Å². The second-order valence-corrected chi connectivity index (χ2v) is 6.76. The summed E-state index contributed by atoms with van der Waals surface area (Å²) in [5.74, 6) is 0. The lowest BCUT2D eigenvalue weighted by Gasteiger charge is -2.18. The average molecular weight is 258 g/mol. The molecule has 0 aromatic heterocycles. The molecule has 0 N–H and O–H groups in total. The first kappa shape index (κ1) is 11.7. The lowest BCUT2D eigenvalue weighted by molar-refractivity contribution is 0.527. The zero-order valence-corrected chi connectivity index (χ0v) is 12.2. The van der Waals surface area contributed by atoms with Gasteiger partial charge < -0.3 is 0 Å². The SMILES string of the molecule is CC(C)(C)C1=Cc2c3c(ccc2=C1)=c1ccccc1=C3. The molecule has 0 aliphatic heterocycles. The third-order valence-electron chi connectivity index (χ3n) is 4.35. The van der Waals surface area contributed by atoms with Crippen molar-refractivity contribution in [2.24, 2.45) is 5.41 Å². The number of hydrogen-bond donors (Lipinski definition) is 0. The van der Waals surface area contributed by atoms with Crippen LogP contribution in [0.25, 0.3) is 18.2 Å². The minimum absolute atomic E-state index is 0.206. The molecule has 0 heteroatoms. The van der Waals surface area contributed by atoms with Gasteiger partial charge in [-0.15, -0.1) is 0 Å². The van der Waals surface area contributed by atoms with E-state index in [1.54, 1.807) is 0 Å². The zero-order valence-electron chi connectivity index (χ0n) is 12.2. The number of allylic oxidation sites excluding steroid dienone is 1. The molecule has 0 fully saturated rings. The highest BCUT2D eigenvalue weighted by Gasteiger charge is 2.20. The molecular weight excluding hydrogens is 240 g/mol. The van der Waals surface area contributed by atoms with E-state index < -0.39 is 0 Å². The lowest BCUT2D eigenvalue weighted by Crippen LogP contribution is -2.07. The van der Waals surface area contributed by atoms with Gasteiger partial charge in [-0.1, -0.05) is 63.2 Å². The van der Waals surface area contributed by atoms with Crippen molar-refractivity contribution in [1.29, 1.82) is 0 Å². The van der Waals surface area contributed by atoms with Gasteiger partial charge in [0.25, 0.3) is 0 Å². The van der Waals surface area contributed by atoms with E-state index in [4.69, 9.17) is 0 Å². The van der Waals surface area contributed by atoms with Gasteiger partial charge in [-0.2, -0.15) is 0 Å². The van der Waals surface area contributed by atoms with E-state index in [1.165, 1.54) is 37.6 Å². The molecule has 20 heavy (non-hydrogen) atoms. The molecule has 0 amide bonds. The second-order valence-electron chi connectivity index (χ2n) is 6.76. The Hall–Kier alpha value is -2.08. The van der Waals surface area contributed by atoms with Gasteiger partial charge in [-0.3, -0.25) is 0 Å². The predicted octanol–water partition coefficient (Wildman–Crippen LogP) is 3.34. The normalized spacial score (nSPS) is 14.8. The van der Waals surface area contributed by atoms with Crippen molar-refractivity contribution < 1.29 is 0 Å². The van der Waals surface area contributed by atoms with E-state index in [2.05, 4.69) is 75.4 Å². The molecule has 2 aromatic carbocycles. The summed E-state index contributed by atoms with van der Waals surface area (Å²) in [7, 11) is 0. The Morgan fingerprint density at radius 2 is 1.45 bits per heavy atom. The zero-order chi connectivity index (χ0) is 13.9. The van der Waals surface area contributed by atoms with Crippen LogP contribution in [0.2, 0.25) is 0 Å². The van der Waals surface area contributed by atoms with Crippen molar-refractivity contribution in [3.05, 3.63) is 74.0 Å². The van der Waals surface area contributed by atoms with Crippen LogP contribution in [0, 0.1) is 15.9 Å². The largest absolute Gasteiger partial charge is 0.0616 e. The van der Waals surface area contributed by atoms with E-state index in [9.17, 15) is 0 Å². The van der Waals surface area contributed by atoms with Crippen LogP contribution in [0.5, 0.6) is 0 Å². The smallest absolute Gasteiger partial charge is 0.00929 e. The topological polar surface area (TPSA) is 0 Å². The molecule has 0 radical (unpaired) electrons. The van der Waals surface area contributed by atoms with Crippen LogP contribution in [-0.2, 0) is 0 Å². The molecule has 0 bridgehead atoms. The van der Waals surface area contributed by atoms with E-state index in [-0.39, 0.29) is 5.41 Å². The van der Waals surface area contributed by atoms with Crippen LogP contribution < -0.4 is 10.4 Å². The van der Waals surface area contributed by atoms with Crippen molar-refractivity contribution in [2.45, 2.75) is 20.8 Å². The average Bonchev–Trinajstić information content (AvgIpc) is 2.98. The van der Waals surface area contributed by atoms with Crippen LogP contribution in [0.1, 0.15) is 31.9 Å². The third kappa shape index (κ3) is 1.54. The first-order chi connectivity index (χ1) is 9.54. The Kier molecular flexibility index (Phi) is 2.18. The predicted molar refractivity (Wildman–Crippen MR) is 85.3 cm³/mol. The lowest BCUT2D eigenvalue weighted by atomic mass is 9.87. The summed E-state index contributed by atoms with van der Waals surface area (Å²) in [6.07, 6.45) is 7.04. The number of rotatable bonds is 0. The number of fused-ring (bicyclic) bond motifs is 4. The van der Waals surface area contributed by atoms with Gasteiger partial charge >= 0.3 is 0 Å². The molecule has 0 spiro atoms. The van der Waals surface area contributed by atoms with Crippen molar-refractivity contribution in [3.63, 3.8) is 0 Å². The molecule has 98 valence electrons. The third-order valence-corrected chi connectivity index (χ3v) is 4.35. The molecule has 0 saturated carbocycles. The molecule has 2 aliphatic carbocycles. The van der Waals surface area contributed by atoms with Crippen molar-refractivity contribution in [3.8, 4) is 0 Å². The molecule has 0 atom stereocenters.